The first-order valence-corrected chi connectivity index (χ1v) is 7.11. The van der Waals surface area contributed by atoms with Crippen LogP contribution in [0.3, 0.4) is 0 Å². The summed E-state index contributed by atoms with van der Waals surface area (Å²) in [6, 6.07) is 11.2. The second-order valence-electron chi connectivity index (χ2n) is 5.52. The Hall–Kier alpha value is -2.56. The molecule has 0 spiro atoms. The Kier molecular flexibility index (Phi) is 4.99. The standard InChI is InChI=1S/C17H21N3O2/c1-17(2,14-6-8-15(22-3)9-7-14)20-16(21)19-12-13-5-4-10-18-11-13/h4-11H,12H2,1-3H3,(H2,19,20,21). The van der Waals surface area contributed by atoms with E-state index in [1.54, 1.807) is 19.5 Å². The molecule has 1 aromatic carbocycles. The molecule has 5 heteroatoms. The van der Waals surface area contributed by atoms with Gasteiger partial charge in [-0.1, -0.05) is 18.2 Å². The predicted molar refractivity (Wildman–Crippen MR) is 85.6 cm³/mol. The van der Waals surface area contributed by atoms with Crippen LogP contribution in [0.25, 0.3) is 0 Å². The summed E-state index contributed by atoms with van der Waals surface area (Å²) in [7, 11) is 1.63. The summed E-state index contributed by atoms with van der Waals surface area (Å²) < 4.78 is 5.14. The summed E-state index contributed by atoms with van der Waals surface area (Å²) in [6.45, 7) is 4.36. The molecule has 0 atom stereocenters. The van der Waals surface area contributed by atoms with Gasteiger partial charge in [-0.3, -0.25) is 4.98 Å². The number of rotatable bonds is 5. The average molecular weight is 299 g/mol. The molecule has 0 aliphatic heterocycles. The van der Waals surface area contributed by atoms with E-state index in [9.17, 15) is 4.79 Å². The number of carbonyl (C=O) groups excluding carboxylic acids is 1. The number of pyridine rings is 1. The van der Waals surface area contributed by atoms with Crippen molar-refractivity contribution in [3.8, 4) is 5.75 Å². The summed E-state index contributed by atoms with van der Waals surface area (Å²) in [4.78, 5) is 16.1. The number of ether oxygens (including phenoxy) is 1. The number of benzene rings is 1. The highest BCUT2D eigenvalue weighted by Crippen LogP contribution is 2.22. The number of methoxy groups -OCH3 is 1. The second-order valence-corrected chi connectivity index (χ2v) is 5.52. The van der Waals surface area contributed by atoms with E-state index in [-0.39, 0.29) is 6.03 Å². The zero-order valence-electron chi connectivity index (χ0n) is 13.1. The van der Waals surface area contributed by atoms with Crippen LogP contribution in [0.15, 0.2) is 48.8 Å². The van der Waals surface area contributed by atoms with E-state index in [4.69, 9.17) is 4.74 Å². The molecule has 0 saturated carbocycles. The Labute approximate surface area is 130 Å². The summed E-state index contributed by atoms with van der Waals surface area (Å²) >= 11 is 0. The third kappa shape index (κ3) is 4.22. The average Bonchev–Trinajstić information content (AvgIpc) is 2.53. The molecular formula is C17H21N3O2. The van der Waals surface area contributed by atoms with Crippen molar-refractivity contribution in [1.82, 2.24) is 15.6 Å². The number of hydrogen-bond donors (Lipinski definition) is 2. The lowest BCUT2D eigenvalue weighted by Crippen LogP contribution is -2.46. The van der Waals surface area contributed by atoms with Gasteiger partial charge in [0.05, 0.1) is 12.6 Å². The van der Waals surface area contributed by atoms with Crippen molar-refractivity contribution in [3.63, 3.8) is 0 Å². The number of carbonyl (C=O) groups is 1. The van der Waals surface area contributed by atoms with Gasteiger partial charge in [-0.05, 0) is 43.2 Å². The molecule has 0 unspecified atom stereocenters. The molecule has 0 radical (unpaired) electrons. The van der Waals surface area contributed by atoms with Gasteiger partial charge in [0.2, 0.25) is 0 Å². The molecule has 0 aliphatic carbocycles. The van der Waals surface area contributed by atoms with Gasteiger partial charge in [-0.15, -0.1) is 0 Å². The number of hydrogen-bond acceptors (Lipinski definition) is 3. The minimum atomic E-state index is -0.481. The topological polar surface area (TPSA) is 63.2 Å². The van der Waals surface area contributed by atoms with Crippen molar-refractivity contribution in [2.75, 3.05) is 7.11 Å². The molecule has 0 bridgehead atoms. The lowest BCUT2D eigenvalue weighted by Gasteiger charge is -2.27. The summed E-state index contributed by atoms with van der Waals surface area (Å²) in [6.07, 6.45) is 3.44. The lowest BCUT2D eigenvalue weighted by molar-refractivity contribution is 0.229. The molecule has 0 fully saturated rings. The zero-order valence-corrected chi connectivity index (χ0v) is 13.1. The van der Waals surface area contributed by atoms with Crippen molar-refractivity contribution in [1.29, 1.82) is 0 Å². The molecule has 2 N–H and O–H groups in total. The molecule has 2 aromatic rings. The minimum absolute atomic E-state index is 0.218. The molecule has 2 rings (SSSR count). The van der Waals surface area contributed by atoms with Gasteiger partial charge in [0.1, 0.15) is 5.75 Å². The quantitative estimate of drug-likeness (QED) is 0.892. The number of aromatic nitrogens is 1. The van der Waals surface area contributed by atoms with Gasteiger partial charge < -0.3 is 15.4 Å². The largest absolute Gasteiger partial charge is 0.497 e. The third-order valence-electron chi connectivity index (χ3n) is 3.41. The number of nitrogens with zero attached hydrogens (tertiary/aromatic N) is 1. The van der Waals surface area contributed by atoms with Crippen LogP contribution in [0.4, 0.5) is 4.79 Å². The highest BCUT2D eigenvalue weighted by molar-refractivity contribution is 5.75. The van der Waals surface area contributed by atoms with E-state index < -0.39 is 5.54 Å². The Bertz CT molecular complexity index is 610. The minimum Gasteiger partial charge on any atom is -0.497 e. The van der Waals surface area contributed by atoms with Gasteiger partial charge in [0, 0.05) is 18.9 Å². The van der Waals surface area contributed by atoms with Crippen LogP contribution in [0.2, 0.25) is 0 Å². The fourth-order valence-electron chi connectivity index (χ4n) is 2.09. The zero-order chi connectivity index (χ0) is 16.0. The van der Waals surface area contributed by atoms with Crippen LogP contribution in [0.1, 0.15) is 25.0 Å². The fraction of sp³-hybridized carbons (Fsp3) is 0.294. The van der Waals surface area contributed by atoms with Crippen LogP contribution in [0.5, 0.6) is 5.75 Å². The molecule has 1 aromatic heterocycles. The summed E-state index contributed by atoms with van der Waals surface area (Å²) in [5.74, 6) is 0.792. The highest BCUT2D eigenvalue weighted by atomic mass is 16.5. The van der Waals surface area contributed by atoms with E-state index in [2.05, 4.69) is 15.6 Å². The van der Waals surface area contributed by atoms with Crippen molar-refractivity contribution in [2.24, 2.45) is 0 Å². The smallest absolute Gasteiger partial charge is 0.315 e. The first kappa shape index (κ1) is 15.8. The van der Waals surface area contributed by atoms with Crippen molar-refractivity contribution >= 4 is 6.03 Å². The highest BCUT2D eigenvalue weighted by Gasteiger charge is 2.22. The van der Waals surface area contributed by atoms with Gasteiger partial charge in [-0.25, -0.2) is 4.79 Å². The maximum Gasteiger partial charge on any atom is 0.315 e. The van der Waals surface area contributed by atoms with E-state index in [0.717, 1.165) is 16.9 Å². The SMILES string of the molecule is COc1ccc(C(C)(C)NC(=O)NCc2cccnc2)cc1. The van der Waals surface area contributed by atoms with Crippen LogP contribution in [-0.4, -0.2) is 18.1 Å². The lowest BCUT2D eigenvalue weighted by atomic mass is 9.94. The first-order valence-electron chi connectivity index (χ1n) is 7.11. The predicted octanol–water partition coefficient (Wildman–Crippen LogP) is 2.82. The Morgan fingerprint density at radius 2 is 1.95 bits per heavy atom. The van der Waals surface area contributed by atoms with Crippen molar-refractivity contribution in [2.45, 2.75) is 25.9 Å². The summed E-state index contributed by atoms with van der Waals surface area (Å²) in [5.41, 5.74) is 1.48. The normalized spacial score (nSPS) is 10.9. The molecule has 1 heterocycles. The van der Waals surface area contributed by atoms with Crippen molar-refractivity contribution < 1.29 is 9.53 Å². The van der Waals surface area contributed by atoms with E-state index in [1.165, 1.54) is 0 Å². The van der Waals surface area contributed by atoms with E-state index in [0.29, 0.717) is 6.54 Å². The van der Waals surface area contributed by atoms with Crippen LogP contribution < -0.4 is 15.4 Å². The van der Waals surface area contributed by atoms with Gasteiger partial charge in [0.15, 0.2) is 0 Å². The van der Waals surface area contributed by atoms with E-state index >= 15 is 0 Å². The fourth-order valence-corrected chi connectivity index (χ4v) is 2.09. The van der Waals surface area contributed by atoms with Crippen LogP contribution in [0, 0.1) is 0 Å². The second kappa shape index (κ2) is 6.93. The van der Waals surface area contributed by atoms with E-state index in [1.807, 2.05) is 50.2 Å². The number of urea groups is 1. The maximum atomic E-state index is 12.1. The first-order chi connectivity index (χ1) is 10.5. The van der Waals surface area contributed by atoms with Gasteiger partial charge in [-0.2, -0.15) is 0 Å². The molecule has 0 aliphatic rings. The molecule has 5 nitrogen and oxygen atoms in total. The molecule has 116 valence electrons. The summed E-state index contributed by atoms with van der Waals surface area (Å²) in [5, 5.41) is 5.80. The molecule has 22 heavy (non-hydrogen) atoms. The van der Waals surface area contributed by atoms with Crippen LogP contribution in [-0.2, 0) is 12.1 Å². The molecule has 0 saturated heterocycles. The van der Waals surface area contributed by atoms with Gasteiger partial charge >= 0.3 is 6.03 Å². The third-order valence-corrected chi connectivity index (χ3v) is 3.41. The Morgan fingerprint density at radius 1 is 1.23 bits per heavy atom. The van der Waals surface area contributed by atoms with Crippen LogP contribution >= 0.6 is 0 Å². The number of amides is 2. The molecule has 2 amide bonds. The monoisotopic (exact) mass is 299 g/mol. The Morgan fingerprint density at radius 3 is 2.55 bits per heavy atom. The van der Waals surface area contributed by atoms with Crippen molar-refractivity contribution in [3.05, 3.63) is 59.9 Å². The Balaban J connectivity index is 1.93. The maximum absolute atomic E-state index is 12.1. The number of nitrogens with one attached hydrogen (secondary N) is 2. The molecular weight excluding hydrogens is 278 g/mol. The van der Waals surface area contributed by atoms with Gasteiger partial charge in [0.25, 0.3) is 0 Å².